The first kappa shape index (κ1) is 20.0. The maximum atomic E-state index is 5.83. The number of benzene rings is 2. The topological polar surface area (TPSA) is 116 Å². The van der Waals surface area contributed by atoms with Crippen molar-refractivity contribution in [3.63, 3.8) is 0 Å². The number of rotatable bonds is 8. The molecule has 0 aliphatic heterocycles. The Morgan fingerprint density at radius 3 is 2.71 bits per heavy atom. The monoisotopic (exact) mass is 414 g/mol. The smallest absolute Gasteiger partial charge is 0.232 e. The summed E-state index contributed by atoms with van der Waals surface area (Å²) in [7, 11) is 0. The summed E-state index contributed by atoms with van der Waals surface area (Å²) in [6.07, 6.45) is 7.88. The van der Waals surface area contributed by atoms with Crippen molar-refractivity contribution in [1.82, 2.24) is 24.5 Å². The van der Waals surface area contributed by atoms with Gasteiger partial charge in [0.25, 0.3) is 0 Å². The molecule has 0 bridgehead atoms. The highest BCUT2D eigenvalue weighted by Crippen LogP contribution is 2.19. The number of anilines is 3. The summed E-state index contributed by atoms with van der Waals surface area (Å²) >= 11 is 0. The fourth-order valence-electron chi connectivity index (χ4n) is 2.97. The van der Waals surface area contributed by atoms with Gasteiger partial charge in [-0.25, -0.2) is 4.98 Å². The van der Waals surface area contributed by atoms with Gasteiger partial charge in [0.2, 0.25) is 11.9 Å². The predicted molar refractivity (Wildman–Crippen MR) is 119 cm³/mol. The molecule has 0 unspecified atom stereocenters. The molecule has 0 atom stereocenters. The number of hydrogen-bond donors (Lipinski definition) is 2. The maximum absolute atomic E-state index is 5.83. The quantitative estimate of drug-likeness (QED) is 0.335. The van der Waals surface area contributed by atoms with Crippen LogP contribution in [0.2, 0.25) is 0 Å². The van der Waals surface area contributed by atoms with E-state index in [0.29, 0.717) is 11.8 Å². The zero-order valence-electron chi connectivity index (χ0n) is 17.0. The lowest BCUT2D eigenvalue weighted by Crippen LogP contribution is -2.08. The minimum atomic E-state index is 0.0699. The molecule has 0 aliphatic rings. The van der Waals surface area contributed by atoms with Crippen LogP contribution in [0.3, 0.4) is 0 Å². The lowest BCUT2D eigenvalue weighted by molar-refractivity contribution is 0.126. The standard InChI is InChI=1S/C22H22N8O/c1-2-17-5-3-4-6-19(17)26-22-28-20(27-21(23)29-22)14-31-25-13-16-7-9-18(10-8-16)30-12-11-24-15-30/h3-13,15H,2,14H2,1H3,(H3,23,26,27,28,29)/b25-13+. The van der Waals surface area contributed by atoms with Crippen LogP contribution in [-0.2, 0) is 17.9 Å². The van der Waals surface area contributed by atoms with Crippen molar-refractivity contribution >= 4 is 23.8 Å². The number of aromatic nitrogens is 5. The molecule has 31 heavy (non-hydrogen) atoms. The van der Waals surface area contributed by atoms with Crippen molar-refractivity contribution in [3.8, 4) is 5.69 Å². The summed E-state index contributed by atoms with van der Waals surface area (Å²) in [6, 6.07) is 15.8. The Bertz CT molecular complexity index is 1160. The van der Waals surface area contributed by atoms with Crippen LogP contribution in [0.4, 0.5) is 17.6 Å². The number of para-hydroxylation sites is 1. The maximum Gasteiger partial charge on any atom is 0.232 e. The second-order valence-corrected chi connectivity index (χ2v) is 6.64. The first-order chi connectivity index (χ1) is 15.2. The first-order valence-corrected chi connectivity index (χ1v) is 9.80. The van der Waals surface area contributed by atoms with Crippen LogP contribution in [-0.4, -0.2) is 30.7 Å². The fraction of sp³-hybridized carbons (Fsp3) is 0.136. The molecule has 3 N–H and O–H groups in total. The van der Waals surface area contributed by atoms with E-state index in [2.05, 4.69) is 37.3 Å². The fourth-order valence-corrected chi connectivity index (χ4v) is 2.97. The molecule has 0 aliphatic carbocycles. The third-order valence-electron chi connectivity index (χ3n) is 4.51. The lowest BCUT2D eigenvalue weighted by atomic mass is 10.1. The van der Waals surface area contributed by atoms with Gasteiger partial charge in [0, 0.05) is 23.8 Å². The molecule has 9 nitrogen and oxygen atoms in total. The number of aryl methyl sites for hydroxylation is 1. The van der Waals surface area contributed by atoms with E-state index in [1.807, 2.05) is 59.3 Å². The van der Waals surface area contributed by atoms with E-state index in [9.17, 15) is 0 Å². The SMILES string of the molecule is CCc1ccccc1Nc1nc(N)nc(CO/N=C/c2ccc(-n3ccnc3)cc2)n1. The van der Waals surface area contributed by atoms with E-state index >= 15 is 0 Å². The van der Waals surface area contributed by atoms with Crippen molar-refractivity contribution in [1.29, 1.82) is 0 Å². The number of nitrogens with zero attached hydrogens (tertiary/aromatic N) is 6. The summed E-state index contributed by atoms with van der Waals surface area (Å²) in [4.78, 5) is 22.0. The molecule has 0 amide bonds. The summed E-state index contributed by atoms with van der Waals surface area (Å²) in [5, 5.41) is 7.19. The number of imidazole rings is 1. The molecule has 0 saturated carbocycles. The van der Waals surface area contributed by atoms with Crippen LogP contribution in [0.5, 0.6) is 0 Å². The molecular formula is C22H22N8O. The molecule has 2 heterocycles. The Kier molecular flexibility index (Phi) is 6.13. The van der Waals surface area contributed by atoms with Gasteiger partial charge in [-0.05, 0) is 35.7 Å². The molecule has 0 spiro atoms. The van der Waals surface area contributed by atoms with Gasteiger partial charge in [-0.15, -0.1) is 0 Å². The molecule has 2 aromatic carbocycles. The highest BCUT2D eigenvalue weighted by atomic mass is 16.6. The van der Waals surface area contributed by atoms with Crippen LogP contribution in [0.15, 0.2) is 72.4 Å². The van der Waals surface area contributed by atoms with Crippen molar-refractivity contribution in [2.45, 2.75) is 20.0 Å². The van der Waals surface area contributed by atoms with Crippen molar-refractivity contribution in [3.05, 3.63) is 84.2 Å². The minimum Gasteiger partial charge on any atom is -0.388 e. The lowest BCUT2D eigenvalue weighted by Gasteiger charge is -2.10. The van der Waals surface area contributed by atoms with E-state index in [-0.39, 0.29) is 12.6 Å². The second-order valence-electron chi connectivity index (χ2n) is 6.64. The number of oxime groups is 1. The summed E-state index contributed by atoms with van der Waals surface area (Å²) in [5.41, 5.74) is 9.83. The zero-order chi connectivity index (χ0) is 21.5. The van der Waals surface area contributed by atoms with E-state index in [1.165, 1.54) is 0 Å². The van der Waals surface area contributed by atoms with Crippen LogP contribution in [0, 0.1) is 0 Å². The number of hydrogen-bond acceptors (Lipinski definition) is 8. The van der Waals surface area contributed by atoms with Gasteiger partial charge >= 0.3 is 0 Å². The molecule has 0 saturated heterocycles. The Morgan fingerprint density at radius 1 is 1.10 bits per heavy atom. The Hall–Kier alpha value is -4.27. The van der Waals surface area contributed by atoms with Gasteiger partial charge < -0.3 is 20.5 Å². The summed E-state index contributed by atoms with van der Waals surface area (Å²) < 4.78 is 1.92. The average Bonchev–Trinajstić information content (AvgIpc) is 3.32. The van der Waals surface area contributed by atoms with Crippen LogP contribution in [0.25, 0.3) is 5.69 Å². The molecule has 0 radical (unpaired) electrons. The third-order valence-corrected chi connectivity index (χ3v) is 4.51. The highest BCUT2D eigenvalue weighted by molar-refractivity contribution is 5.79. The molecule has 4 rings (SSSR count). The van der Waals surface area contributed by atoms with E-state index in [1.54, 1.807) is 18.7 Å². The van der Waals surface area contributed by atoms with E-state index in [0.717, 1.165) is 28.9 Å². The van der Waals surface area contributed by atoms with Gasteiger partial charge in [-0.2, -0.15) is 15.0 Å². The van der Waals surface area contributed by atoms with Crippen LogP contribution in [0.1, 0.15) is 23.9 Å². The number of nitrogen functional groups attached to an aromatic ring is 1. The molecule has 0 fully saturated rings. The molecular weight excluding hydrogens is 392 g/mol. The van der Waals surface area contributed by atoms with Gasteiger partial charge in [0.05, 0.1) is 12.5 Å². The Balaban J connectivity index is 1.37. The second kappa shape index (κ2) is 9.49. The van der Waals surface area contributed by atoms with Gasteiger partial charge in [0.1, 0.15) is 0 Å². The Morgan fingerprint density at radius 2 is 1.94 bits per heavy atom. The summed E-state index contributed by atoms with van der Waals surface area (Å²) in [6.45, 7) is 2.16. The normalized spacial score (nSPS) is 11.0. The Labute approximate surface area is 179 Å². The largest absolute Gasteiger partial charge is 0.388 e. The number of nitrogens with two attached hydrogens (primary N) is 1. The van der Waals surface area contributed by atoms with E-state index in [4.69, 9.17) is 10.6 Å². The van der Waals surface area contributed by atoms with Crippen LogP contribution >= 0.6 is 0 Å². The van der Waals surface area contributed by atoms with Gasteiger partial charge in [-0.1, -0.05) is 42.4 Å². The van der Waals surface area contributed by atoms with Gasteiger partial charge in [-0.3, -0.25) is 0 Å². The van der Waals surface area contributed by atoms with Gasteiger partial charge in [0.15, 0.2) is 12.4 Å². The predicted octanol–water partition coefficient (Wildman–Crippen LogP) is 3.50. The van der Waals surface area contributed by atoms with Crippen molar-refractivity contribution in [2.75, 3.05) is 11.1 Å². The summed E-state index contributed by atoms with van der Waals surface area (Å²) in [5.74, 6) is 0.867. The molecule has 4 aromatic rings. The van der Waals surface area contributed by atoms with E-state index < -0.39 is 0 Å². The zero-order valence-corrected chi connectivity index (χ0v) is 17.0. The first-order valence-electron chi connectivity index (χ1n) is 9.80. The highest BCUT2D eigenvalue weighted by Gasteiger charge is 2.07. The molecule has 156 valence electrons. The van der Waals surface area contributed by atoms with Crippen molar-refractivity contribution < 1.29 is 4.84 Å². The van der Waals surface area contributed by atoms with Crippen molar-refractivity contribution in [2.24, 2.45) is 5.16 Å². The molecule has 2 aromatic heterocycles. The average molecular weight is 414 g/mol. The number of nitrogens with one attached hydrogen (secondary N) is 1. The van der Waals surface area contributed by atoms with Crippen LogP contribution < -0.4 is 11.1 Å². The molecule has 9 heteroatoms. The third kappa shape index (κ3) is 5.21. The minimum absolute atomic E-state index is 0.0699.